The molecule has 6 heteroatoms. The van der Waals surface area contributed by atoms with Gasteiger partial charge in [0.25, 0.3) is 0 Å². The molecule has 0 N–H and O–H groups in total. The van der Waals surface area contributed by atoms with Gasteiger partial charge in [0.05, 0.1) is 12.5 Å². The van der Waals surface area contributed by atoms with Crippen LogP contribution in [0.15, 0.2) is 102 Å². The summed E-state index contributed by atoms with van der Waals surface area (Å²) in [6, 6.07) is 29.4. The molecule has 0 aliphatic rings. The van der Waals surface area contributed by atoms with E-state index in [0.717, 1.165) is 26.7 Å². The van der Waals surface area contributed by atoms with Crippen LogP contribution in [0.3, 0.4) is 0 Å². The smallest absolute Gasteiger partial charge is 0.192 e. The van der Waals surface area contributed by atoms with Crippen LogP contribution in [0.2, 0.25) is 18.1 Å². The van der Waals surface area contributed by atoms with Crippen LogP contribution in [-0.4, -0.2) is 14.1 Å². The quantitative estimate of drug-likeness (QED) is 0.131. The first-order valence-electron chi connectivity index (χ1n) is 13.4. The fraction of sp³-hybridized carbons (Fsp3) is 0.265. The molecule has 0 amide bonds. The summed E-state index contributed by atoms with van der Waals surface area (Å²) in [4.78, 5) is 14.1. The normalized spacial score (nSPS) is 12.7. The van der Waals surface area contributed by atoms with Gasteiger partial charge in [-0.3, -0.25) is 4.79 Å². The number of Topliss-reactive ketones (excluding diaryl/α,β-unsaturated/α-hetero) is 1. The van der Waals surface area contributed by atoms with E-state index in [0.29, 0.717) is 24.5 Å². The lowest BCUT2D eigenvalue weighted by molar-refractivity contribution is 0.0973. The molecule has 4 rings (SSSR count). The molecule has 0 radical (unpaired) electrons. The van der Waals surface area contributed by atoms with Crippen LogP contribution in [0.1, 0.15) is 59.3 Å². The van der Waals surface area contributed by atoms with E-state index in [1.807, 2.05) is 72.8 Å². The number of ketones is 1. The van der Waals surface area contributed by atoms with Crippen molar-refractivity contribution in [2.45, 2.75) is 58.0 Å². The van der Waals surface area contributed by atoms with E-state index in [-0.39, 0.29) is 16.6 Å². The number of rotatable bonds is 10. The van der Waals surface area contributed by atoms with Crippen molar-refractivity contribution in [2.24, 2.45) is 0 Å². The van der Waals surface area contributed by atoms with Gasteiger partial charge in [-0.2, -0.15) is 0 Å². The third-order valence-corrected chi connectivity index (χ3v) is 12.7. The first kappa shape index (κ1) is 29.9. The van der Waals surface area contributed by atoms with Gasteiger partial charge in [0.1, 0.15) is 18.2 Å². The Morgan fingerprint density at radius 1 is 0.875 bits per heavy atom. The van der Waals surface area contributed by atoms with Gasteiger partial charge in [-0.25, -0.2) is 4.39 Å². The first-order chi connectivity index (χ1) is 18.9. The average Bonchev–Trinajstić information content (AvgIpc) is 2.93. The van der Waals surface area contributed by atoms with Gasteiger partial charge in [-0.15, -0.1) is 0 Å². The predicted octanol–water partition coefficient (Wildman–Crippen LogP) is 9.70. The van der Waals surface area contributed by atoms with E-state index in [4.69, 9.17) is 9.16 Å². The van der Waals surface area contributed by atoms with Crippen molar-refractivity contribution in [1.29, 1.82) is 0 Å². The van der Waals surface area contributed by atoms with E-state index >= 15 is 0 Å². The van der Waals surface area contributed by atoms with Gasteiger partial charge < -0.3 is 9.16 Å². The van der Waals surface area contributed by atoms with Gasteiger partial charge in [-0.1, -0.05) is 85.2 Å². The second kappa shape index (κ2) is 12.6. The number of carbonyl (C=O) groups excluding carboxylic acids is 1. The van der Waals surface area contributed by atoms with Crippen LogP contribution in [0, 0.1) is 5.82 Å². The van der Waals surface area contributed by atoms with Crippen LogP contribution in [0.5, 0.6) is 5.75 Å². The molecule has 0 fully saturated rings. The minimum Gasteiger partial charge on any atom is -0.489 e. The Bertz CT molecular complexity index is 1430. The number of benzene rings is 4. The molecule has 0 aliphatic carbocycles. The molecular formula is C34H36BrFO3Si. The van der Waals surface area contributed by atoms with Crippen molar-refractivity contribution >= 4 is 30.0 Å². The third kappa shape index (κ3) is 7.36. The van der Waals surface area contributed by atoms with Crippen LogP contribution < -0.4 is 4.74 Å². The molecule has 4 aromatic carbocycles. The number of ether oxygens (including phenoxy) is 1. The maximum Gasteiger partial charge on any atom is 0.192 e. The number of halogens is 2. The second-order valence-corrected chi connectivity index (χ2v) is 17.3. The number of hydrogen-bond donors (Lipinski definition) is 0. The van der Waals surface area contributed by atoms with Crippen LogP contribution >= 0.6 is 15.9 Å². The van der Waals surface area contributed by atoms with E-state index in [2.05, 4.69) is 49.8 Å². The largest absolute Gasteiger partial charge is 0.489 e. The van der Waals surface area contributed by atoms with Crippen LogP contribution in [-0.2, 0) is 17.6 Å². The predicted molar refractivity (Wildman–Crippen MR) is 166 cm³/mol. The highest BCUT2D eigenvalue weighted by molar-refractivity contribution is 9.10. The molecule has 1 atom stereocenters. The molecule has 208 valence electrons. The summed E-state index contributed by atoms with van der Waals surface area (Å²) in [6.07, 6.45) is 0. The Kier molecular flexibility index (Phi) is 9.44. The van der Waals surface area contributed by atoms with Crippen LogP contribution in [0.4, 0.5) is 4.39 Å². The molecule has 0 heterocycles. The first-order valence-corrected chi connectivity index (χ1v) is 17.1. The summed E-state index contributed by atoms with van der Waals surface area (Å²) in [5, 5.41) is 0.0314. The van der Waals surface area contributed by atoms with Gasteiger partial charge >= 0.3 is 0 Å². The van der Waals surface area contributed by atoms with Crippen molar-refractivity contribution in [3.63, 3.8) is 0 Å². The van der Waals surface area contributed by atoms with Gasteiger partial charge in [0.2, 0.25) is 0 Å². The molecule has 0 saturated heterocycles. The van der Waals surface area contributed by atoms with Gasteiger partial charge in [0, 0.05) is 10.0 Å². The SMILES string of the molecule is CC(C)(C)[Si](C)(C)OCc1cc(OCc2ccccc2)ccc1C(C(=O)c1ccc(F)cc1)c1ccc(Br)cc1. The molecule has 0 aromatic heterocycles. The highest BCUT2D eigenvalue weighted by Gasteiger charge is 2.37. The van der Waals surface area contributed by atoms with E-state index in [1.54, 1.807) is 12.1 Å². The Hall–Kier alpha value is -3.06. The Morgan fingerprint density at radius 2 is 1.52 bits per heavy atom. The molecule has 1 unspecified atom stereocenters. The Balaban J connectivity index is 1.77. The van der Waals surface area contributed by atoms with Crippen molar-refractivity contribution < 1.29 is 18.3 Å². The topological polar surface area (TPSA) is 35.5 Å². The van der Waals surface area contributed by atoms with Crippen molar-refractivity contribution in [1.82, 2.24) is 0 Å². The molecule has 4 aromatic rings. The number of hydrogen-bond acceptors (Lipinski definition) is 3. The average molecular weight is 620 g/mol. The van der Waals surface area contributed by atoms with Gasteiger partial charge in [-0.05, 0) is 88.9 Å². The zero-order valence-electron chi connectivity index (χ0n) is 23.7. The van der Waals surface area contributed by atoms with Crippen molar-refractivity contribution in [2.75, 3.05) is 0 Å². The molecular weight excluding hydrogens is 583 g/mol. The number of carbonyl (C=O) groups is 1. The van der Waals surface area contributed by atoms with Crippen molar-refractivity contribution in [3.8, 4) is 5.75 Å². The lowest BCUT2D eigenvalue weighted by Crippen LogP contribution is -2.40. The highest BCUT2D eigenvalue weighted by Crippen LogP contribution is 2.39. The minimum absolute atomic E-state index is 0.0314. The van der Waals surface area contributed by atoms with E-state index in [9.17, 15) is 9.18 Å². The molecule has 0 aliphatic heterocycles. The van der Waals surface area contributed by atoms with Crippen molar-refractivity contribution in [3.05, 3.63) is 135 Å². The molecule has 0 bridgehead atoms. The summed E-state index contributed by atoms with van der Waals surface area (Å²) < 4.78 is 27.5. The molecule has 0 spiro atoms. The summed E-state index contributed by atoms with van der Waals surface area (Å²) in [5.41, 5.74) is 4.13. The Morgan fingerprint density at radius 3 is 2.15 bits per heavy atom. The monoisotopic (exact) mass is 618 g/mol. The standard InChI is InChI=1S/C34H36BrFO3Si/c1-34(2,3)40(4,5)39-23-27-21-30(38-22-24-9-7-6-8-10-24)19-20-31(27)32(25-11-15-28(35)16-12-25)33(37)26-13-17-29(36)18-14-26/h6-21,32H,22-23H2,1-5H3. The lowest BCUT2D eigenvalue weighted by atomic mass is 9.82. The molecule has 40 heavy (non-hydrogen) atoms. The maximum absolute atomic E-state index is 14.1. The van der Waals surface area contributed by atoms with Crippen LogP contribution in [0.25, 0.3) is 0 Å². The van der Waals surface area contributed by atoms with E-state index in [1.165, 1.54) is 12.1 Å². The highest BCUT2D eigenvalue weighted by atomic mass is 79.9. The lowest BCUT2D eigenvalue weighted by Gasteiger charge is -2.36. The second-order valence-electron chi connectivity index (χ2n) is 11.5. The minimum atomic E-state index is -2.09. The third-order valence-electron chi connectivity index (χ3n) is 7.66. The van der Waals surface area contributed by atoms with Gasteiger partial charge in [0.15, 0.2) is 14.1 Å². The summed E-state index contributed by atoms with van der Waals surface area (Å²) in [6.45, 7) is 11.9. The summed E-state index contributed by atoms with van der Waals surface area (Å²) in [7, 11) is -2.09. The zero-order chi connectivity index (χ0) is 28.9. The maximum atomic E-state index is 14.1. The fourth-order valence-corrected chi connectivity index (χ4v) is 5.42. The molecule has 0 saturated carbocycles. The molecule has 3 nitrogen and oxygen atoms in total. The summed E-state index contributed by atoms with van der Waals surface area (Å²) in [5.74, 6) is -0.362. The van der Waals surface area contributed by atoms with E-state index < -0.39 is 14.2 Å². The fourth-order valence-electron chi connectivity index (χ4n) is 4.20. The summed E-state index contributed by atoms with van der Waals surface area (Å²) >= 11 is 3.51. The zero-order valence-corrected chi connectivity index (χ0v) is 26.3. The Labute approximate surface area is 246 Å².